The molecule has 0 aliphatic carbocycles. The minimum Gasteiger partial charge on any atom is -0.350 e. The minimum absolute atomic E-state index is 0.0882. The number of unbranched alkanes of at least 4 members (excludes halogenated alkanes) is 8. The molecule has 156 valence electrons. The molecule has 6 heteroatoms. The summed E-state index contributed by atoms with van der Waals surface area (Å²) in [5.74, 6) is 0.727. The van der Waals surface area contributed by atoms with Crippen LogP contribution in [-0.2, 0) is 0 Å². The largest absolute Gasteiger partial charge is 0.350 e. The number of aromatic amines is 2. The summed E-state index contributed by atoms with van der Waals surface area (Å²) in [7, 11) is 0. The Morgan fingerprint density at radius 1 is 0.741 bits per heavy atom. The van der Waals surface area contributed by atoms with E-state index in [0.29, 0.717) is 9.54 Å². The summed E-state index contributed by atoms with van der Waals surface area (Å²) < 4.78 is 0.983. The maximum absolute atomic E-state index is 5.27. The molecule has 4 nitrogen and oxygen atoms in total. The van der Waals surface area contributed by atoms with Crippen LogP contribution in [0.3, 0.4) is 0 Å². The molecular formula is C21H40N4S2. The fraction of sp³-hybridized carbons (Fsp3) is 0.857. The first-order valence-corrected chi connectivity index (χ1v) is 11.9. The third-order valence-corrected chi connectivity index (χ3v) is 5.72. The van der Waals surface area contributed by atoms with Crippen molar-refractivity contribution in [2.75, 3.05) is 5.32 Å². The lowest BCUT2D eigenvalue weighted by Crippen LogP contribution is -2.39. The Balaban J connectivity index is 2.93. The van der Waals surface area contributed by atoms with Crippen LogP contribution in [0.4, 0.5) is 5.95 Å². The molecule has 0 saturated heterocycles. The molecule has 1 aromatic heterocycles. The lowest BCUT2D eigenvalue weighted by atomic mass is 9.82. The van der Waals surface area contributed by atoms with E-state index in [2.05, 4.69) is 41.0 Å². The summed E-state index contributed by atoms with van der Waals surface area (Å²) in [6.45, 7) is 6.81. The molecule has 3 N–H and O–H groups in total. The van der Waals surface area contributed by atoms with Crippen LogP contribution in [0.15, 0.2) is 0 Å². The zero-order valence-electron chi connectivity index (χ0n) is 17.7. The van der Waals surface area contributed by atoms with Crippen LogP contribution in [0, 0.1) is 9.54 Å². The van der Waals surface area contributed by atoms with Gasteiger partial charge < -0.3 is 15.3 Å². The molecule has 0 fully saturated rings. The van der Waals surface area contributed by atoms with Crippen molar-refractivity contribution < 1.29 is 0 Å². The van der Waals surface area contributed by atoms with Gasteiger partial charge in [0.25, 0.3) is 0 Å². The van der Waals surface area contributed by atoms with Crippen molar-refractivity contribution in [1.82, 2.24) is 15.0 Å². The predicted octanol–water partition coefficient (Wildman–Crippen LogP) is 7.87. The van der Waals surface area contributed by atoms with Crippen LogP contribution in [-0.4, -0.2) is 20.5 Å². The van der Waals surface area contributed by atoms with E-state index in [9.17, 15) is 0 Å². The molecule has 0 atom stereocenters. The third kappa shape index (κ3) is 10.4. The first-order chi connectivity index (χ1) is 13.0. The van der Waals surface area contributed by atoms with E-state index in [1.54, 1.807) is 0 Å². The van der Waals surface area contributed by atoms with Gasteiger partial charge in [-0.2, -0.15) is 4.98 Å². The molecule has 0 unspecified atom stereocenters. The molecular weight excluding hydrogens is 372 g/mol. The molecule has 0 aliphatic heterocycles. The molecule has 0 aliphatic rings. The van der Waals surface area contributed by atoms with E-state index in [1.165, 1.54) is 89.9 Å². The maximum Gasteiger partial charge on any atom is 0.205 e. The number of nitrogens with one attached hydrogen (secondary N) is 3. The van der Waals surface area contributed by atoms with Gasteiger partial charge >= 0.3 is 0 Å². The van der Waals surface area contributed by atoms with E-state index in [1.807, 2.05) is 0 Å². The highest BCUT2D eigenvalue weighted by Gasteiger charge is 2.29. The second-order valence-corrected chi connectivity index (χ2v) is 8.62. The van der Waals surface area contributed by atoms with Gasteiger partial charge in [0, 0.05) is 5.54 Å². The standard InChI is InChI=1S/C21H40N4S2/c1-4-7-10-11-14-17-21(15-12-8-5-2,16-13-9-6-3)25-18-22-19(26)24-20(27)23-18/h4-17H2,1-3H3,(H3,22,23,24,25,26,27). The Kier molecular flexibility index (Phi) is 12.8. The van der Waals surface area contributed by atoms with Crippen molar-refractivity contribution >= 4 is 30.4 Å². The number of H-pyrrole nitrogens is 2. The van der Waals surface area contributed by atoms with E-state index in [-0.39, 0.29) is 5.54 Å². The van der Waals surface area contributed by atoms with E-state index >= 15 is 0 Å². The van der Waals surface area contributed by atoms with E-state index < -0.39 is 0 Å². The summed E-state index contributed by atoms with van der Waals surface area (Å²) in [5, 5.41) is 3.76. The lowest BCUT2D eigenvalue weighted by molar-refractivity contribution is 0.331. The molecule has 0 radical (unpaired) electrons. The first kappa shape index (κ1) is 24.3. The Morgan fingerprint density at radius 3 is 1.74 bits per heavy atom. The van der Waals surface area contributed by atoms with Crippen LogP contribution < -0.4 is 5.32 Å². The number of hydrogen-bond acceptors (Lipinski definition) is 4. The number of hydrogen-bond donors (Lipinski definition) is 3. The first-order valence-electron chi connectivity index (χ1n) is 11.0. The Bertz CT molecular complexity index is 570. The minimum atomic E-state index is 0.0882. The summed E-state index contributed by atoms with van der Waals surface area (Å²) >= 11 is 10.5. The fourth-order valence-corrected chi connectivity index (χ4v) is 4.21. The van der Waals surface area contributed by atoms with Crippen molar-refractivity contribution in [3.05, 3.63) is 9.54 Å². The number of nitrogens with zero attached hydrogens (tertiary/aromatic N) is 1. The van der Waals surface area contributed by atoms with Crippen molar-refractivity contribution in [1.29, 1.82) is 0 Å². The van der Waals surface area contributed by atoms with Gasteiger partial charge in [0.15, 0.2) is 4.77 Å². The highest BCUT2D eigenvalue weighted by molar-refractivity contribution is 7.71. The Hall–Kier alpha value is -0.750. The van der Waals surface area contributed by atoms with E-state index in [4.69, 9.17) is 24.4 Å². The third-order valence-electron chi connectivity index (χ3n) is 5.33. The fourth-order valence-electron chi connectivity index (χ4n) is 3.76. The molecule has 0 amide bonds. The molecule has 1 heterocycles. The average Bonchev–Trinajstić information content (AvgIpc) is 2.61. The zero-order chi connectivity index (χ0) is 20.0. The number of anilines is 1. The van der Waals surface area contributed by atoms with Gasteiger partial charge in [-0.25, -0.2) is 0 Å². The van der Waals surface area contributed by atoms with Gasteiger partial charge in [-0.05, 0) is 43.7 Å². The van der Waals surface area contributed by atoms with Crippen molar-refractivity contribution in [2.24, 2.45) is 0 Å². The van der Waals surface area contributed by atoms with Gasteiger partial charge in [0.1, 0.15) is 0 Å². The van der Waals surface area contributed by atoms with Crippen molar-refractivity contribution in [2.45, 2.75) is 116 Å². The van der Waals surface area contributed by atoms with Crippen LogP contribution in [0.1, 0.15) is 111 Å². The van der Waals surface area contributed by atoms with Crippen LogP contribution >= 0.6 is 24.4 Å². The Labute approximate surface area is 176 Å². The van der Waals surface area contributed by atoms with Crippen molar-refractivity contribution in [3.8, 4) is 0 Å². The maximum atomic E-state index is 5.27. The normalized spacial score (nSPS) is 11.7. The lowest BCUT2D eigenvalue weighted by Gasteiger charge is -2.36. The molecule has 0 aromatic carbocycles. The van der Waals surface area contributed by atoms with Gasteiger partial charge in [-0.15, -0.1) is 0 Å². The van der Waals surface area contributed by atoms with Crippen LogP contribution in [0.5, 0.6) is 0 Å². The number of rotatable bonds is 16. The number of aromatic nitrogens is 3. The molecule has 27 heavy (non-hydrogen) atoms. The second-order valence-electron chi connectivity index (χ2n) is 7.83. The Morgan fingerprint density at radius 2 is 1.22 bits per heavy atom. The summed E-state index contributed by atoms with van der Waals surface area (Å²) in [6.07, 6.45) is 17.7. The van der Waals surface area contributed by atoms with E-state index in [0.717, 1.165) is 5.95 Å². The summed E-state index contributed by atoms with van der Waals surface area (Å²) in [5.41, 5.74) is 0.0882. The second kappa shape index (κ2) is 14.3. The SMILES string of the molecule is CCCCCCCC(CCCCC)(CCCCC)Nc1nc(=S)[nH]c(=S)[nH]1. The van der Waals surface area contributed by atoms with Crippen LogP contribution in [0.25, 0.3) is 0 Å². The summed E-state index contributed by atoms with van der Waals surface area (Å²) in [4.78, 5) is 10.5. The van der Waals surface area contributed by atoms with Gasteiger partial charge in [-0.3, -0.25) is 0 Å². The molecule has 1 rings (SSSR count). The average molecular weight is 413 g/mol. The summed E-state index contributed by atoms with van der Waals surface area (Å²) in [6, 6.07) is 0. The highest BCUT2D eigenvalue weighted by atomic mass is 32.1. The smallest absolute Gasteiger partial charge is 0.205 e. The topological polar surface area (TPSA) is 56.5 Å². The monoisotopic (exact) mass is 412 g/mol. The van der Waals surface area contributed by atoms with Crippen molar-refractivity contribution in [3.63, 3.8) is 0 Å². The quantitative estimate of drug-likeness (QED) is 0.191. The zero-order valence-corrected chi connectivity index (χ0v) is 19.3. The predicted molar refractivity (Wildman–Crippen MR) is 123 cm³/mol. The van der Waals surface area contributed by atoms with Gasteiger partial charge in [0.05, 0.1) is 0 Å². The van der Waals surface area contributed by atoms with Gasteiger partial charge in [-0.1, -0.05) is 91.4 Å². The molecule has 0 saturated carbocycles. The molecule has 0 spiro atoms. The molecule has 0 bridgehead atoms. The van der Waals surface area contributed by atoms with Crippen LogP contribution in [0.2, 0.25) is 0 Å². The van der Waals surface area contributed by atoms with Gasteiger partial charge in [0.2, 0.25) is 10.7 Å². The highest BCUT2D eigenvalue weighted by Crippen LogP contribution is 2.31. The molecule has 1 aromatic rings.